The molecule has 1 atom stereocenters. The number of carbonyl (C=O) groups is 1. The summed E-state index contributed by atoms with van der Waals surface area (Å²) >= 11 is 0. The monoisotopic (exact) mass is 315 g/mol. The molecular formula is C18H18FNO3. The quantitative estimate of drug-likeness (QED) is 0.623. The number of benzene rings is 2. The van der Waals surface area contributed by atoms with E-state index in [2.05, 4.69) is 12.1 Å². The van der Waals surface area contributed by atoms with Gasteiger partial charge in [-0.2, -0.15) is 0 Å². The van der Waals surface area contributed by atoms with E-state index in [0.29, 0.717) is 17.7 Å². The maximum atomic E-state index is 13.0. The number of methoxy groups -OCH3 is 1. The van der Waals surface area contributed by atoms with Gasteiger partial charge < -0.3 is 9.57 Å². The summed E-state index contributed by atoms with van der Waals surface area (Å²) in [6, 6.07) is 12.3. The molecule has 120 valence electrons. The zero-order valence-electron chi connectivity index (χ0n) is 12.8. The second kappa shape index (κ2) is 8.10. The minimum atomic E-state index is -0.510. The third-order valence-corrected chi connectivity index (χ3v) is 3.29. The molecule has 0 aromatic heterocycles. The maximum absolute atomic E-state index is 13.0. The van der Waals surface area contributed by atoms with Gasteiger partial charge in [0.15, 0.2) is 0 Å². The highest BCUT2D eigenvalue weighted by molar-refractivity contribution is 5.89. The molecule has 2 aromatic carbocycles. The molecule has 4 nitrogen and oxygen atoms in total. The van der Waals surface area contributed by atoms with Crippen LogP contribution >= 0.6 is 0 Å². The molecule has 2 aromatic rings. The molecule has 0 saturated carbocycles. The SMILES string of the molecule is C=CCC(NOC(=O)c1ccc(OC)cc1)c1ccc(F)cc1. The van der Waals surface area contributed by atoms with E-state index in [4.69, 9.17) is 9.57 Å². The molecule has 0 amide bonds. The standard InChI is InChI=1S/C18H18FNO3/c1-3-4-17(13-5-9-15(19)10-6-13)20-23-18(21)14-7-11-16(22-2)12-8-14/h3,5-12,17,20H,1,4H2,2H3. The number of carbonyl (C=O) groups excluding carboxylic acids is 1. The van der Waals surface area contributed by atoms with Crippen LogP contribution in [0.5, 0.6) is 5.75 Å². The minimum absolute atomic E-state index is 0.296. The first-order chi connectivity index (χ1) is 11.1. The van der Waals surface area contributed by atoms with Crippen LogP contribution in [0.15, 0.2) is 61.2 Å². The average molecular weight is 315 g/mol. The lowest BCUT2D eigenvalue weighted by molar-refractivity contribution is 0.0154. The molecule has 2 rings (SSSR count). The summed E-state index contributed by atoms with van der Waals surface area (Å²) in [5.41, 5.74) is 3.91. The summed E-state index contributed by atoms with van der Waals surface area (Å²) in [5, 5.41) is 0. The van der Waals surface area contributed by atoms with Gasteiger partial charge in [-0.05, 0) is 48.4 Å². The molecule has 0 aliphatic heterocycles. The van der Waals surface area contributed by atoms with Gasteiger partial charge in [-0.1, -0.05) is 18.2 Å². The Morgan fingerprint density at radius 2 is 1.87 bits per heavy atom. The van der Waals surface area contributed by atoms with Crippen molar-refractivity contribution in [2.45, 2.75) is 12.5 Å². The molecule has 0 aliphatic carbocycles. The first kappa shape index (κ1) is 16.7. The zero-order valence-corrected chi connectivity index (χ0v) is 12.8. The molecule has 23 heavy (non-hydrogen) atoms. The highest BCUT2D eigenvalue weighted by Gasteiger charge is 2.14. The van der Waals surface area contributed by atoms with Gasteiger partial charge in [0.2, 0.25) is 0 Å². The van der Waals surface area contributed by atoms with E-state index in [1.165, 1.54) is 12.1 Å². The summed E-state index contributed by atoms with van der Waals surface area (Å²) < 4.78 is 18.0. The van der Waals surface area contributed by atoms with E-state index in [9.17, 15) is 9.18 Å². The first-order valence-corrected chi connectivity index (χ1v) is 7.11. The highest BCUT2D eigenvalue weighted by atomic mass is 19.1. The lowest BCUT2D eigenvalue weighted by Gasteiger charge is -2.17. The smallest absolute Gasteiger partial charge is 0.356 e. The van der Waals surface area contributed by atoms with Crippen molar-refractivity contribution in [1.29, 1.82) is 0 Å². The Balaban J connectivity index is 2.01. The van der Waals surface area contributed by atoms with Crippen LogP contribution in [-0.4, -0.2) is 13.1 Å². The summed E-state index contributed by atoms with van der Waals surface area (Å²) in [6.07, 6.45) is 2.23. The van der Waals surface area contributed by atoms with Crippen LogP contribution in [-0.2, 0) is 4.84 Å². The molecule has 0 radical (unpaired) electrons. The average Bonchev–Trinajstić information content (AvgIpc) is 2.59. The number of halogens is 1. The van der Waals surface area contributed by atoms with Crippen molar-refractivity contribution in [1.82, 2.24) is 5.48 Å². The van der Waals surface area contributed by atoms with Crippen LogP contribution in [0.4, 0.5) is 4.39 Å². The molecule has 0 bridgehead atoms. The second-order valence-electron chi connectivity index (χ2n) is 4.86. The second-order valence-corrected chi connectivity index (χ2v) is 4.86. The van der Waals surface area contributed by atoms with E-state index >= 15 is 0 Å². The summed E-state index contributed by atoms with van der Waals surface area (Å²) in [6.45, 7) is 3.68. The Hall–Kier alpha value is -2.66. The van der Waals surface area contributed by atoms with Gasteiger partial charge in [0.05, 0.1) is 18.7 Å². The highest BCUT2D eigenvalue weighted by Crippen LogP contribution is 2.18. The Morgan fingerprint density at radius 3 is 2.43 bits per heavy atom. The predicted octanol–water partition coefficient (Wildman–Crippen LogP) is 3.81. The van der Waals surface area contributed by atoms with Gasteiger partial charge in [0.1, 0.15) is 11.6 Å². The van der Waals surface area contributed by atoms with Crippen LogP contribution in [0.2, 0.25) is 0 Å². The number of hydrogen-bond donors (Lipinski definition) is 1. The molecule has 1 N–H and O–H groups in total. The van der Waals surface area contributed by atoms with E-state index in [-0.39, 0.29) is 11.9 Å². The predicted molar refractivity (Wildman–Crippen MR) is 85.5 cm³/mol. The van der Waals surface area contributed by atoms with Gasteiger partial charge in [0, 0.05) is 0 Å². The number of rotatable bonds is 7. The molecule has 0 saturated heterocycles. The van der Waals surface area contributed by atoms with Gasteiger partial charge in [-0.25, -0.2) is 9.18 Å². The largest absolute Gasteiger partial charge is 0.497 e. The van der Waals surface area contributed by atoms with Crippen molar-refractivity contribution >= 4 is 5.97 Å². The maximum Gasteiger partial charge on any atom is 0.356 e. The van der Waals surface area contributed by atoms with Crippen molar-refractivity contribution in [3.05, 3.63) is 78.1 Å². The van der Waals surface area contributed by atoms with Gasteiger partial charge in [0.25, 0.3) is 0 Å². The van der Waals surface area contributed by atoms with E-state index in [1.54, 1.807) is 49.6 Å². The summed E-state index contributed by atoms with van der Waals surface area (Å²) in [7, 11) is 1.55. The normalized spacial score (nSPS) is 11.6. The third kappa shape index (κ3) is 4.66. The lowest BCUT2D eigenvalue weighted by Crippen LogP contribution is -2.25. The van der Waals surface area contributed by atoms with Crippen molar-refractivity contribution < 1.29 is 18.8 Å². The molecule has 1 unspecified atom stereocenters. The van der Waals surface area contributed by atoms with Crippen LogP contribution in [0.3, 0.4) is 0 Å². The number of hydroxylamine groups is 1. The molecule has 0 aliphatic rings. The molecule has 5 heteroatoms. The van der Waals surface area contributed by atoms with Crippen LogP contribution in [0, 0.1) is 5.82 Å². The van der Waals surface area contributed by atoms with Crippen molar-refractivity contribution in [3.63, 3.8) is 0 Å². The fourth-order valence-electron chi connectivity index (χ4n) is 2.02. The Morgan fingerprint density at radius 1 is 1.22 bits per heavy atom. The number of hydrogen-bond acceptors (Lipinski definition) is 4. The van der Waals surface area contributed by atoms with Crippen LogP contribution in [0.1, 0.15) is 28.4 Å². The van der Waals surface area contributed by atoms with Crippen molar-refractivity contribution in [2.75, 3.05) is 7.11 Å². The third-order valence-electron chi connectivity index (χ3n) is 3.29. The van der Waals surface area contributed by atoms with Crippen molar-refractivity contribution in [3.8, 4) is 5.75 Å². The first-order valence-electron chi connectivity index (χ1n) is 7.11. The Labute approximate surface area is 134 Å². The Kier molecular flexibility index (Phi) is 5.88. The minimum Gasteiger partial charge on any atom is -0.497 e. The van der Waals surface area contributed by atoms with Gasteiger partial charge in [-0.15, -0.1) is 12.1 Å². The van der Waals surface area contributed by atoms with Gasteiger partial charge >= 0.3 is 5.97 Å². The fraction of sp³-hybridized carbons (Fsp3) is 0.167. The van der Waals surface area contributed by atoms with E-state index < -0.39 is 5.97 Å². The lowest BCUT2D eigenvalue weighted by atomic mass is 10.0. The fourth-order valence-corrected chi connectivity index (χ4v) is 2.02. The zero-order chi connectivity index (χ0) is 16.7. The molecule has 0 heterocycles. The summed E-state index contributed by atoms with van der Waals surface area (Å²) in [4.78, 5) is 17.2. The van der Waals surface area contributed by atoms with Crippen molar-refractivity contribution in [2.24, 2.45) is 0 Å². The number of ether oxygens (including phenoxy) is 1. The van der Waals surface area contributed by atoms with Gasteiger partial charge in [-0.3, -0.25) is 0 Å². The van der Waals surface area contributed by atoms with Crippen LogP contribution < -0.4 is 10.2 Å². The van der Waals surface area contributed by atoms with E-state index in [1.807, 2.05) is 0 Å². The summed E-state index contributed by atoms with van der Waals surface area (Å²) in [5.74, 6) is -0.171. The number of nitrogens with one attached hydrogen (secondary N) is 1. The van der Waals surface area contributed by atoms with Crippen LogP contribution in [0.25, 0.3) is 0 Å². The topological polar surface area (TPSA) is 47.6 Å². The molecule has 0 spiro atoms. The molecular weight excluding hydrogens is 297 g/mol. The van der Waals surface area contributed by atoms with E-state index in [0.717, 1.165) is 5.56 Å². The molecule has 0 fully saturated rings. The Bertz CT molecular complexity index is 653.